The van der Waals surface area contributed by atoms with Gasteiger partial charge in [-0.25, -0.2) is 0 Å². The molecule has 0 atom stereocenters. The molecular formula is C14H15ClN2O3. The number of benzene rings is 1. The summed E-state index contributed by atoms with van der Waals surface area (Å²) in [6.07, 6.45) is 1.63. The van der Waals surface area contributed by atoms with Gasteiger partial charge in [-0.15, -0.1) is 0 Å². The molecule has 0 saturated carbocycles. The second-order valence-electron chi connectivity index (χ2n) is 4.36. The summed E-state index contributed by atoms with van der Waals surface area (Å²) < 4.78 is 7.36. The SMILES string of the molecule is Cc1c(Cl)cnn1CCOc1ccc(CC(=O)O)cc1. The van der Waals surface area contributed by atoms with Crippen molar-refractivity contribution in [1.82, 2.24) is 9.78 Å². The number of hydrogen-bond acceptors (Lipinski definition) is 3. The first-order valence-corrected chi connectivity index (χ1v) is 6.55. The Morgan fingerprint density at radius 1 is 1.40 bits per heavy atom. The quantitative estimate of drug-likeness (QED) is 0.889. The minimum absolute atomic E-state index is 0.0191. The maximum absolute atomic E-state index is 10.6. The number of carbonyl (C=O) groups is 1. The molecular weight excluding hydrogens is 280 g/mol. The molecule has 0 fully saturated rings. The first-order chi connectivity index (χ1) is 9.56. The van der Waals surface area contributed by atoms with Gasteiger partial charge in [-0.05, 0) is 24.6 Å². The lowest BCUT2D eigenvalue weighted by Crippen LogP contribution is -2.10. The molecule has 1 aromatic heterocycles. The van der Waals surface area contributed by atoms with Crippen LogP contribution in [0.3, 0.4) is 0 Å². The van der Waals surface area contributed by atoms with Crippen LogP contribution in [0.1, 0.15) is 11.3 Å². The molecule has 106 valence electrons. The highest BCUT2D eigenvalue weighted by Gasteiger charge is 2.04. The van der Waals surface area contributed by atoms with Gasteiger partial charge in [0.2, 0.25) is 0 Å². The van der Waals surface area contributed by atoms with Gasteiger partial charge in [-0.3, -0.25) is 9.48 Å². The van der Waals surface area contributed by atoms with Gasteiger partial charge in [0.15, 0.2) is 0 Å². The highest BCUT2D eigenvalue weighted by Crippen LogP contribution is 2.15. The van der Waals surface area contributed by atoms with Crippen molar-refractivity contribution in [2.75, 3.05) is 6.61 Å². The first-order valence-electron chi connectivity index (χ1n) is 6.17. The van der Waals surface area contributed by atoms with E-state index in [9.17, 15) is 4.79 Å². The molecule has 0 spiro atoms. The van der Waals surface area contributed by atoms with E-state index in [2.05, 4.69) is 5.10 Å². The van der Waals surface area contributed by atoms with Crippen LogP contribution >= 0.6 is 11.6 Å². The van der Waals surface area contributed by atoms with Gasteiger partial charge >= 0.3 is 5.97 Å². The Bertz CT molecular complexity index is 593. The minimum Gasteiger partial charge on any atom is -0.492 e. The third-order valence-electron chi connectivity index (χ3n) is 2.89. The fourth-order valence-corrected chi connectivity index (χ4v) is 1.92. The summed E-state index contributed by atoms with van der Waals surface area (Å²) in [7, 11) is 0. The summed E-state index contributed by atoms with van der Waals surface area (Å²) >= 11 is 5.91. The van der Waals surface area contributed by atoms with Crippen LogP contribution in [0.25, 0.3) is 0 Å². The highest BCUT2D eigenvalue weighted by atomic mass is 35.5. The molecule has 0 saturated heterocycles. The molecule has 20 heavy (non-hydrogen) atoms. The largest absolute Gasteiger partial charge is 0.492 e. The summed E-state index contributed by atoms with van der Waals surface area (Å²) in [6, 6.07) is 7.03. The predicted octanol–water partition coefficient (Wildman–Crippen LogP) is 2.55. The van der Waals surface area contributed by atoms with Crippen molar-refractivity contribution in [3.05, 3.63) is 46.7 Å². The molecule has 0 unspecified atom stereocenters. The van der Waals surface area contributed by atoms with Crippen LogP contribution in [0.2, 0.25) is 5.02 Å². The molecule has 5 nitrogen and oxygen atoms in total. The van der Waals surface area contributed by atoms with E-state index in [-0.39, 0.29) is 6.42 Å². The molecule has 0 aliphatic heterocycles. The molecule has 0 aliphatic rings. The lowest BCUT2D eigenvalue weighted by atomic mass is 10.1. The molecule has 6 heteroatoms. The van der Waals surface area contributed by atoms with E-state index >= 15 is 0 Å². The van der Waals surface area contributed by atoms with Crippen molar-refractivity contribution in [3.63, 3.8) is 0 Å². The predicted molar refractivity (Wildman–Crippen MR) is 75.3 cm³/mol. The molecule has 1 N–H and O–H groups in total. The van der Waals surface area contributed by atoms with E-state index in [0.717, 1.165) is 11.3 Å². The van der Waals surface area contributed by atoms with Crippen LogP contribution < -0.4 is 4.74 Å². The zero-order valence-corrected chi connectivity index (χ0v) is 11.8. The second kappa shape index (κ2) is 6.43. The minimum atomic E-state index is -0.843. The van der Waals surface area contributed by atoms with Crippen LogP contribution in [-0.4, -0.2) is 27.5 Å². The molecule has 2 aromatic rings. The Morgan fingerprint density at radius 3 is 2.65 bits per heavy atom. The van der Waals surface area contributed by atoms with E-state index in [1.54, 1.807) is 35.1 Å². The Hall–Kier alpha value is -2.01. The molecule has 0 amide bonds. The van der Waals surface area contributed by atoms with Crippen LogP contribution in [-0.2, 0) is 17.8 Å². The fraction of sp³-hybridized carbons (Fsp3) is 0.286. The number of ether oxygens (including phenoxy) is 1. The molecule has 1 heterocycles. The van der Waals surface area contributed by atoms with Crippen molar-refractivity contribution < 1.29 is 14.6 Å². The maximum atomic E-state index is 10.6. The van der Waals surface area contributed by atoms with E-state index < -0.39 is 5.97 Å². The average molecular weight is 295 g/mol. The number of carboxylic acid groups (broad SMARTS) is 1. The summed E-state index contributed by atoms with van der Waals surface area (Å²) in [5, 5.41) is 13.5. The van der Waals surface area contributed by atoms with Crippen LogP contribution in [0.15, 0.2) is 30.5 Å². The third kappa shape index (κ3) is 3.74. The average Bonchev–Trinajstić information content (AvgIpc) is 2.72. The maximum Gasteiger partial charge on any atom is 0.307 e. The Balaban J connectivity index is 1.85. The van der Waals surface area contributed by atoms with E-state index in [1.165, 1.54) is 0 Å². The highest BCUT2D eigenvalue weighted by molar-refractivity contribution is 6.31. The number of aromatic nitrogens is 2. The molecule has 0 aliphatic carbocycles. The zero-order chi connectivity index (χ0) is 14.5. The fourth-order valence-electron chi connectivity index (χ4n) is 1.78. The van der Waals surface area contributed by atoms with Crippen LogP contribution in [0, 0.1) is 6.92 Å². The molecule has 0 radical (unpaired) electrons. The smallest absolute Gasteiger partial charge is 0.307 e. The summed E-state index contributed by atoms with van der Waals surface area (Å²) in [5.41, 5.74) is 1.66. The van der Waals surface area contributed by atoms with Crippen molar-refractivity contribution in [2.45, 2.75) is 19.9 Å². The number of carboxylic acids is 1. The standard InChI is InChI=1S/C14H15ClN2O3/c1-10-13(15)9-16-17(10)6-7-20-12-4-2-11(3-5-12)8-14(18)19/h2-5,9H,6-8H2,1H3,(H,18,19). The van der Waals surface area contributed by atoms with E-state index in [1.807, 2.05) is 6.92 Å². The van der Waals surface area contributed by atoms with Crippen molar-refractivity contribution in [3.8, 4) is 5.75 Å². The third-order valence-corrected chi connectivity index (χ3v) is 3.26. The number of rotatable bonds is 6. The van der Waals surface area contributed by atoms with Gasteiger partial charge < -0.3 is 9.84 Å². The van der Waals surface area contributed by atoms with Gasteiger partial charge in [0.1, 0.15) is 12.4 Å². The van der Waals surface area contributed by atoms with Crippen molar-refractivity contribution >= 4 is 17.6 Å². The lowest BCUT2D eigenvalue weighted by Gasteiger charge is -2.08. The second-order valence-corrected chi connectivity index (χ2v) is 4.77. The van der Waals surface area contributed by atoms with Crippen molar-refractivity contribution in [1.29, 1.82) is 0 Å². The number of aliphatic carboxylic acids is 1. The summed E-state index contributed by atoms with van der Waals surface area (Å²) in [4.78, 5) is 10.6. The lowest BCUT2D eigenvalue weighted by molar-refractivity contribution is -0.136. The van der Waals surface area contributed by atoms with Gasteiger partial charge in [0, 0.05) is 0 Å². The van der Waals surface area contributed by atoms with E-state index in [0.29, 0.717) is 23.9 Å². The summed E-state index contributed by atoms with van der Waals surface area (Å²) in [6.45, 7) is 2.97. The van der Waals surface area contributed by atoms with Crippen LogP contribution in [0.4, 0.5) is 0 Å². The number of nitrogens with zero attached hydrogens (tertiary/aromatic N) is 2. The Morgan fingerprint density at radius 2 is 2.10 bits per heavy atom. The monoisotopic (exact) mass is 294 g/mol. The molecule has 1 aromatic carbocycles. The number of halogens is 1. The topological polar surface area (TPSA) is 64.4 Å². The van der Waals surface area contributed by atoms with Crippen LogP contribution in [0.5, 0.6) is 5.75 Å². The zero-order valence-electron chi connectivity index (χ0n) is 11.0. The molecule has 2 rings (SSSR count). The molecule has 0 bridgehead atoms. The first kappa shape index (κ1) is 14.4. The van der Waals surface area contributed by atoms with Gasteiger partial charge in [0.25, 0.3) is 0 Å². The van der Waals surface area contributed by atoms with Gasteiger partial charge in [0.05, 0.1) is 29.9 Å². The normalized spacial score (nSPS) is 10.5. The van der Waals surface area contributed by atoms with Gasteiger partial charge in [-0.1, -0.05) is 23.7 Å². The summed E-state index contributed by atoms with van der Waals surface area (Å²) in [5.74, 6) is -0.139. The number of hydrogen-bond donors (Lipinski definition) is 1. The van der Waals surface area contributed by atoms with Crippen molar-refractivity contribution in [2.24, 2.45) is 0 Å². The van der Waals surface area contributed by atoms with Gasteiger partial charge in [-0.2, -0.15) is 5.10 Å². The van der Waals surface area contributed by atoms with E-state index in [4.69, 9.17) is 21.4 Å². The Kier molecular flexibility index (Phi) is 4.63. The Labute approximate surface area is 121 Å².